The molecule has 8 nitrogen and oxygen atoms in total. The maximum absolute atomic E-state index is 13.4. The standard InChI is InChI=1S/C31H34N2O6/c1-32(2)18-9-19-33-27(24-12-8-13-25(37-3)30(24)38-4)26(29(35)31(33)36)28(34)22-14-16-23(17-15-22)39-20-21-10-6-5-7-11-21/h5-8,10-17,27,34H,9,18-20H2,1-4H3/b28-26+. The molecule has 0 aromatic heterocycles. The van der Waals surface area contributed by atoms with Crippen molar-refractivity contribution in [3.05, 3.63) is 95.1 Å². The van der Waals surface area contributed by atoms with Gasteiger partial charge >= 0.3 is 0 Å². The largest absolute Gasteiger partial charge is 0.507 e. The summed E-state index contributed by atoms with van der Waals surface area (Å²) in [5, 5.41) is 11.4. The van der Waals surface area contributed by atoms with Gasteiger partial charge in [0.25, 0.3) is 11.7 Å². The molecule has 0 aliphatic carbocycles. The van der Waals surface area contributed by atoms with Gasteiger partial charge < -0.3 is 29.1 Å². The van der Waals surface area contributed by atoms with Gasteiger partial charge in [0.1, 0.15) is 18.1 Å². The normalized spacial score (nSPS) is 16.5. The van der Waals surface area contributed by atoms with Crippen LogP contribution in [0.5, 0.6) is 17.2 Å². The third-order valence-electron chi connectivity index (χ3n) is 6.65. The molecular formula is C31H34N2O6. The number of aliphatic hydroxyl groups excluding tert-OH is 1. The van der Waals surface area contributed by atoms with Crippen molar-refractivity contribution in [3.8, 4) is 17.2 Å². The summed E-state index contributed by atoms with van der Waals surface area (Å²) in [6.45, 7) is 1.46. The first-order valence-corrected chi connectivity index (χ1v) is 12.8. The third-order valence-corrected chi connectivity index (χ3v) is 6.65. The van der Waals surface area contributed by atoms with Crippen LogP contribution in [0.4, 0.5) is 0 Å². The van der Waals surface area contributed by atoms with Crippen molar-refractivity contribution in [2.45, 2.75) is 19.1 Å². The lowest BCUT2D eigenvalue weighted by Gasteiger charge is -2.27. The van der Waals surface area contributed by atoms with E-state index >= 15 is 0 Å². The van der Waals surface area contributed by atoms with Gasteiger partial charge in [-0.2, -0.15) is 0 Å². The quantitative estimate of drug-likeness (QED) is 0.219. The van der Waals surface area contributed by atoms with Gasteiger partial charge in [0.2, 0.25) is 0 Å². The van der Waals surface area contributed by atoms with Gasteiger partial charge in [-0.25, -0.2) is 0 Å². The summed E-state index contributed by atoms with van der Waals surface area (Å²) < 4.78 is 17.0. The molecule has 4 rings (SSSR count). The Morgan fingerprint density at radius 3 is 2.28 bits per heavy atom. The highest BCUT2D eigenvalue weighted by molar-refractivity contribution is 6.46. The molecule has 204 valence electrons. The van der Waals surface area contributed by atoms with Crippen LogP contribution in [0.3, 0.4) is 0 Å². The van der Waals surface area contributed by atoms with Gasteiger partial charge in [0, 0.05) is 17.7 Å². The lowest BCUT2D eigenvalue weighted by Crippen LogP contribution is -2.32. The van der Waals surface area contributed by atoms with Crippen LogP contribution in [0.15, 0.2) is 78.4 Å². The van der Waals surface area contributed by atoms with E-state index in [9.17, 15) is 14.7 Å². The van der Waals surface area contributed by atoms with Gasteiger partial charge in [-0.1, -0.05) is 42.5 Å². The number of nitrogens with zero attached hydrogens (tertiary/aromatic N) is 2. The number of likely N-dealkylation sites (tertiary alicyclic amines) is 1. The first-order chi connectivity index (χ1) is 18.8. The molecule has 1 aliphatic rings. The Kier molecular flexibility index (Phi) is 8.88. The van der Waals surface area contributed by atoms with Crippen molar-refractivity contribution in [2.75, 3.05) is 41.4 Å². The fourth-order valence-electron chi connectivity index (χ4n) is 4.72. The van der Waals surface area contributed by atoms with Crippen LogP contribution < -0.4 is 14.2 Å². The second kappa shape index (κ2) is 12.5. The predicted octanol–water partition coefficient (Wildman–Crippen LogP) is 4.66. The molecule has 0 spiro atoms. The zero-order valence-electron chi connectivity index (χ0n) is 22.7. The van der Waals surface area contributed by atoms with E-state index in [4.69, 9.17) is 14.2 Å². The maximum atomic E-state index is 13.4. The minimum atomic E-state index is -0.841. The molecule has 1 atom stereocenters. The minimum absolute atomic E-state index is 0.00867. The summed E-state index contributed by atoms with van der Waals surface area (Å²) in [4.78, 5) is 30.2. The molecule has 1 heterocycles. The van der Waals surface area contributed by atoms with Gasteiger partial charge in [-0.15, -0.1) is 0 Å². The molecule has 39 heavy (non-hydrogen) atoms. The topological polar surface area (TPSA) is 88.5 Å². The average molecular weight is 531 g/mol. The predicted molar refractivity (Wildman–Crippen MR) is 149 cm³/mol. The van der Waals surface area contributed by atoms with E-state index in [1.807, 2.05) is 49.3 Å². The van der Waals surface area contributed by atoms with Crippen molar-refractivity contribution in [3.63, 3.8) is 0 Å². The zero-order chi connectivity index (χ0) is 27.9. The molecule has 3 aromatic carbocycles. The second-order valence-electron chi connectivity index (χ2n) is 9.53. The minimum Gasteiger partial charge on any atom is -0.507 e. The van der Waals surface area contributed by atoms with Crippen molar-refractivity contribution < 1.29 is 28.9 Å². The number of aliphatic hydroxyl groups is 1. The number of hydrogen-bond donors (Lipinski definition) is 1. The first-order valence-electron chi connectivity index (χ1n) is 12.8. The molecule has 1 aliphatic heterocycles. The van der Waals surface area contributed by atoms with E-state index in [-0.39, 0.29) is 11.3 Å². The summed E-state index contributed by atoms with van der Waals surface area (Å²) in [6.07, 6.45) is 0.649. The number of methoxy groups -OCH3 is 2. The number of Topliss-reactive ketones (excluding diaryl/α,β-unsaturated/α-hetero) is 1. The Balaban J connectivity index is 1.71. The number of carbonyl (C=O) groups excluding carboxylic acids is 2. The molecular weight excluding hydrogens is 496 g/mol. The SMILES string of the molecule is COc1cccc(C2/C(=C(\O)c3ccc(OCc4ccccc4)cc3)C(=O)C(=O)N2CCCN(C)C)c1OC. The number of hydrogen-bond acceptors (Lipinski definition) is 7. The van der Waals surface area contributed by atoms with Crippen molar-refractivity contribution in [1.82, 2.24) is 9.80 Å². The first kappa shape index (κ1) is 27.7. The fraction of sp³-hybridized carbons (Fsp3) is 0.290. The molecule has 1 N–H and O–H groups in total. The number of benzene rings is 3. The molecule has 1 unspecified atom stereocenters. The van der Waals surface area contributed by atoms with Crippen LogP contribution in [-0.4, -0.2) is 68.0 Å². The van der Waals surface area contributed by atoms with Gasteiger partial charge in [-0.05, 0) is 63.0 Å². The zero-order valence-corrected chi connectivity index (χ0v) is 22.7. The molecule has 1 saturated heterocycles. The Morgan fingerprint density at radius 1 is 0.923 bits per heavy atom. The lowest BCUT2D eigenvalue weighted by molar-refractivity contribution is -0.140. The smallest absolute Gasteiger partial charge is 0.295 e. The highest BCUT2D eigenvalue weighted by Gasteiger charge is 2.47. The maximum Gasteiger partial charge on any atom is 0.295 e. The van der Waals surface area contributed by atoms with Crippen LogP contribution in [0.1, 0.15) is 29.2 Å². The second-order valence-corrected chi connectivity index (χ2v) is 9.53. The van der Waals surface area contributed by atoms with Gasteiger partial charge in [0.05, 0.1) is 25.8 Å². The highest BCUT2D eigenvalue weighted by Crippen LogP contribution is 2.45. The summed E-state index contributed by atoms with van der Waals surface area (Å²) >= 11 is 0. The lowest BCUT2D eigenvalue weighted by atomic mass is 9.94. The molecule has 0 bridgehead atoms. The molecule has 0 saturated carbocycles. The summed E-state index contributed by atoms with van der Waals surface area (Å²) in [7, 11) is 6.93. The van der Waals surface area contributed by atoms with E-state index in [1.54, 1.807) is 42.5 Å². The van der Waals surface area contributed by atoms with E-state index in [0.29, 0.717) is 47.9 Å². The molecule has 0 radical (unpaired) electrons. The molecule has 3 aromatic rings. The van der Waals surface area contributed by atoms with Crippen molar-refractivity contribution in [1.29, 1.82) is 0 Å². The van der Waals surface area contributed by atoms with Crippen LogP contribution in [0.2, 0.25) is 0 Å². The Morgan fingerprint density at radius 2 is 1.64 bits per heavy atom. The van der Waals surface area contributed by atoms with Crippen molar-refractivity contribution >= 4 is 17.4 Å². The Bertz CT molecular complexity index is 1330. The summed E-state index contributed by atoms with van der Waals surface area (Å²) in [5.41, 5.74) is 2.01. The summed E-state index contributed by atoms with van der Waals surface area (Å²) in [6, 6.07) is 21.1. The average Bonchev–Trinajstić information content (AvgIpc) is 3.20. The van der Waals surface area contributed by atoms with Crippen LogP contribution in [0, 0.1) is 0 Å². The molecule has 1 fully saturated rings. The molecule has 1 amide bonds. The fourth-order valence-corrected chi connectivity index (χ4v) is 4.72. The third kappa shape index (κ3) is 6.07. The number of carbonyl (C=O) groups is 2. The monoisotopic (exact) mass is 530 g/mol. The summed E-state index contributed by atoms with van der Waals surface area (Å²) in [5.74, 6) is -0.169. The van der Waals surface area contributed by atoms with Crippen LogP contribution >= 0.6 is 0 Å². The van der Waals surface area contributed by atoms with E-state index in [0.717, 1.165) is 12.1 Å². The number of amides is 1. The van der Waals surface area contributed by atoms with E-state index in [2.05, 4.69) is 0 Å². The van der Waals surface area contributed by atoms with Gasteiger partial charge in [0.15, 0.2) is 11.5 Å². The van der Waals surface area contributed by atoms with E-state index in [1.165, 1.54) is 19.1 Å². The highest BCUT2D eigenvalue weighted by atomic mass is 16.5. The van der Waals surface area contributed by atoms with Crippen molar-refractivity contribution in [2.24, 2.45) is 0 Å². The van der Waals surface area contributed by atoms with E-state index < -0.39 is 17.7 Å². The van der Waals surface area contributed by atoms with Gasteiger partial charge in [-0.3, -0.25) is 9.59 Å². The van der Waals surface area contributed by atoms with Crippen LogP contribution in [-0.2, 0) is 16.2 Å². The number of para-hydroxylation sites is 1. The van der Waals surface area contributed by atoms with Crippen LogP contribution in [0.25, 0.3) is 5.76 Å². The molecule has 8 heteroatoms. The number of ketones is 1. The Labute approximate surface area is 229 Å². The number of ether oxygens (including phenoxy) is 3. The Hall–Kier alpha value is -4.30. The number of rotatable bonds is 11.